The lowest BCUT2D eigenvalue weighted by Crippen LogP contribution is -2.38. The molecule has 0 N–H and O–H groups in total. The monoisotopic (exact) mass is 292 g/mol. The largest absolute Gasteiger partial charge is 0.370 e. The fraction of sp³-hybridized carbons (Fsp3) is 0.267. The standard InChI is InChI=1S/C15H14ClFN2O/c16-12-3-1-11(2-4-12)15-10-19(7-8-20-15)14-5-6-18-9-13(14)17/h1-6,9,15H,7-8,10H2. The molecule has 1 aromatic heterocycles. The van der Waals surface area contributed by atoms with Crippen LogP contribution in [0.3, 0.4) is 0 Å². The molecule has 2 aromatic rings. The quantitative estimate of drug-likeness (QED) is 0.848. The molecule has 0 spiro atoms. The summed E-state index contributed by atoms with van der Waals surface area (Å²) in [5, 5.41) is 0.696. The van der Waals surface area contributed by atoms with Gasteiger partial charge in [0.15, 0.2) is 5.82 Å². The van der Waals surface area contributed by atoms with Gasteiger partial charge < -0.3 is 9.64 Å². The summed E-state index contributed by atoms with van der Waals surface area (Å²) in [5.41, 5.74) is 1.62. The topological polar surface area (TPSA) is 25.4 Å². The summed E-state index contributed by atoms with van der Waals surface area (Å²) in [6, 6.07) is 9.26. The first kappa shape index (κ1) is 13.3. The van der Waals surface area contributed by atoms with Gasteiger partial charge in [0, 0.05) is 24.3 Å². The zero-order valence-corrected chi connectivity index (χ0v) is 11.6. The molecule has 0 aliphatic carbocycles. The van der Waals surface area contributed by atoms with Crippen molar-refractivity contribution in [1.82, 2.24) is 4.98 Å². The highest BCUT2D eigenvalue weighted by atomic mass is 35.5. The van der Waals surface area contributed by atoms with Gasteiger partial charge in [-0.1, -0.05) is 23.7 Å². The molecule has 0 bridgehead atoms. The van der Waals surface area contributed by atoms with Gasteiger partial charge in [-0.2, -0.15) is 0 Å². The van der Waals surface area contributed by atoms with E-state index in [0.29, 0.717) is 30.4 Å². The first-order valence-electron chi connectivity index (χ1n) is 6.45. The lowest BCUT2D eigenvalue weighted by molar-refractivity contribution is 0.0396. The SMILES string of the molecule is Fc1cnccc1N1CCOC(c2ccc(Cl)cc2)C1. The second kappa shape index (κ2) is 5.77. The molecule has 104 valence electrons. The third-order valence-corrected chi connectivity index (χ3v) is 3.65. The minimum Gasteiger partial charge on any atom is -0.370 e. The molecule has 1 atom stereocenters. The van der Waals surface area contributed by atoms with Crippen LogP contribution >= 0.6 is 11.6 Å². The second-order valence-corrected chi connectivity index (χ2v) is 5.12. The molecule has 3 nitrogen and oxygen atoms in total. The van der Waals surface area contributed by atoms with Gasteiger partial charge in [0.25, 0.3) is 0 Å². The summed E-state index contributed by atoms with van der Waals surface area (Å²) in [6.45, 7) is 1.85. The molecular formula is C15H14ClFN2O. The predicted molar refractivity (Wildman–Crippen MR) is 76.6 cm³/mol. The number of hydrogen-bond acceptors (Lipinski definition) is 3. The van der Waals surface area contributed by atoms with E-state index >= 15 is 0 Å². The van der Waals surface area contributed by atoms with Crippen LogP contribution in [0.15, 0.2) is 42.7 Å². The normalized spacial score (nSPS) is 19.1. The predicted octanol–water partition coefficient (Wildman–Crippen LogP) is 3.45. The number of ether oxygens (including phenoxy) is 1. The molecular weight excluding hydrogens is 279 g/mol. The molecule has 1 unspecified atom stereocenters. The number of rotatable bonds is 2. The molecule has 3 rings (SSSR count). The zero-order chi connectivity index (χ0) is 13.9. The zero-order valence-electron chi connectivity index (χ0n) is 10.8. The van der Waals surface area contributed by atoms with E-state index in [1.807, 2.05) is 29.2 Å². The molecule has 0 saturated carbocycles. The van der Waals surface area contributed by atoms with Crippen LogP contribution in [0.1, 0.15) is 11.7 Å². The average molecular weight is 293 g/mol. The summed E-state index contributed by atoms with van der Waals surface area (Å²) < 4.78 is 19.6. The van der Waals surface area contributed by atoms with Gasteiger partial charge in [0.1, 0.15) is 6.10 Å². The Balaban J connectivity index is 1.80. The van der Waals surface area contributed by atoms with Crippen LogP contribution < -0.4 is 4.90 Å². The minimum atomic E-state index is -0.302. The number of halogens is 2. The number of hydrogen-bond donors (Lipinski definition) is 0. The Morgan fingerprint density at radius 2 is 2.05 bits per heavy atom. The Morgan fingerprint density at radius 3 is 2.80 bits per heavy atom. The van der Waals surface area contributed by atoms with E-state index < -0.39 is 0 Å². The van der Waals surface area contributed by atoms with Crippen molar-refractivity contribution in [3.63, 3.8) is 0 Å². The van der Waals surface area contributed by atoms with Crippen molar-refractivity contribution in [3.8, 4) is 0 Å². The Kier molecular flexibility index (Phi) is 3.85. The average Bonchev–Trinajstić information content (AvgIpc) is 2.49. The summed E-state index contributed by atoms with van der Waals surface area (Å²) in [5.74, 6) is -0.302. The first-order chi connectivity index (χ1) is 9.74. The van der Waals surface area contributed by atoms with Crippen LogP contribution in [-0.4, -0.2) is 24.7 Å². The van der Waals surface area contributed by atoms with Crippen LogP contribution in [0.5, 0.6) is 0 Å². The molecule has 2 heterocycles. The van der Waals surface area contributed by atoms with Crippen molar-refractivity contribution in [2.24, 2.45) is 0 Å². The Hall–Kier alpha value is -1.65. The van der Waals surface area contributed by atoms with Crippen LogP contribution in [0.4, 0.5) is 10.1 Å². The molecule has 20 heavy (non-hydrogen) atoms. The lowest BCUT2D eigenvalue weighted by atomic mass is 10.1. The third-order valence-electron chi connectivity index (χ3n) is 3.40. The smallest absolute Gasteiger partial charge is 0.164 e. The van der Waals surface area contributed by atoms with E-state index in [9.17, 15) is 4.39 Å². The summed E-state index contributed by atoms with van der Waals surface area (Å²) >= 11 is 5.89. The van der Waals surface area contributed by atoms with E-state index in [4.69, 9.17) is 16.3 Å². The van der Waals surface area contributed by atoms with Gasteiger partial charge in [0.2, 0.25) is 0 Å². The summed E-state index contributed by atoms with van der Waals surface area (Å²) in [6.07, 6.45) is 2.77. The number of morpholine rings is 1. The van der Waals surface area contributed by atoms with Crippen molar-refractivity contribution in [2.45, 2.75) is 6.10 Å². The third kappa shape index (κ3) is 2.76. The van der Waals surface area contributed by atoms with Gasteiger partial charge in [-0.15, -0.1) is 0 Å². The van der Waals surface area contributed by atoms with E-state index in [-0.39, 0.29) is 11.9 Å². The van der Waals surface area contributed by atoms with E-state index in [1.165, 1.54) is 6.20 Å². The van der Waals surface area contributed by atoms with Gasteiger partial charge in [-0.25, -0.2) is 4.39 Å². The highest BCUT2D eigenvalue weighted by Gasteiger charge is 2.23. The van der Waals surface area contributed by atoms with Crippen LogP contribution in [0.25, 0.3) is 0 Å². The molecule has 0 amide bonds. The van der Waals surface area contributed by atoms with Crippen molar-refractivity contribution in [1.29, 1.82) is 0 Å². The van der Waals surface area contributed by atoms with Crippen molar-refractivity contribution < 1.29 is 9.13 Å². The summed E-state index contributed by atoms with van der Waals surface area (Å²) in [7, 11) is 0. The highest BCUT2D eigenvalue weighted by molar-refractivity contribution is 6.30. The van der Waals surface area contributed by atoms with Crippen molar-refractivity contribution >= 4 is 17.3 Å². The number of aromatic nitrogens is 1. The minimum absolute atomic E-state index is 0.0754. The Labute approximate surface area is 122 Å². The molecule has 1 saturated heterocycles. The fourth-order valence-electron chi connectivity index (χ4n) is 2.37. The number of anilines is 1. The lowest BCUT2D eigenvalue weighted by Gasteiger charge is -2.34. The first-order valence-corrected chi connectivity index (χ1v) is 6.83. The number of benzene rings is 1. The summed E-state index contributed by atoms with van der Waals surface area (Å²) in [4.78, 5) is 5.76. The van der Waals surface area contributed by atoms with E-state index in [2.05, 4.69) is 4.98 Å². The molecule has 0 radical (unpaired) electrons. The van der Waals surface area contributed by atoms with E-state index in [0.717, 1.165) is 5.56 Å². The van der Waals surface area contributed by atoms with Crippen molar-refractivity contribution in [2.75, 3.05) is 24.6 Å². The highest BCUT2D eigenvalue weighted by Crippen LogP contribution is 2.27. The number of pyridine rings is 1. The van der Waals surface area contributed by atoms with Crippen molar-refractivity contribution in [3.05, 3.63) is 59.1 Å². The number of nitrogens with zero attached hydrogens (tertiary/aromatic N) is 2. The van der Waals surface area contributed by atoms with E-state index in [1.54, 1.807) is 12.3 Å². The Bertz CT molecular complexity index is 591. The Morgan fingerprint density at radius 1 is 1.25 bits per heavy atom. The van der Waals surface area contributed by atoms with Gasteiger partial charge in [-0.3, -0.25) is 4.98 Å². The maximum Gasteiger partial charge on any atom is 0.164 e. The maximum atomic E-state index is 13.8. The van der Waals surface area contributed by atoms with Gasteiger partial charge in [-0.05, 0) is 23.8 Å². The van der Waals surface area contributed by atoms with Crippen LogP contribution in [0, 0.1) is 5.82 Å². The maximum absolute atomic E-state index is 13.8. The van der Waals surface area contributed by atoms with Gasteiger partial charge >= 0.3 is 0 Å². The molecule has 1 fully saturated rings. The molecule has 5 heteroatoms. The molecule has 1 aromatic carbocycles. The molecule has 1 aliphatic heterocycles. The van der Waals surface area contributed by atoms with Crippen LogP contribution in [0.2, 0.25) is 5.02 Å². The van der Waals surface area contributed by atoms with Crippen LogP contribution in [-0.2, 0) is 4.74 Å². The molecule has 1 aliphatic rings. The van der Waals surface area contributed by atoms with Gasteiger partial charge in [0.05, 0.1) is 18.5 Å². The fourth-order valence-corrected chi connectivity index (χ4v) is 2.50. The second-order valence-electron chi connectivity index (χ2n) is 4.68.